The highest BCUT2D eigenvalue weighted by molar-refractivity contribution is 6.43. The first-order chi connectivity index (χ1) is 13.9. The summed E-state index contributed by atoms with van der Waals surface area (Å²) in [6.45, 7) is 0. The monoisotopic (exact) mass is 427 g/mol. The number of benzene rings is 2. The van der Waals surface area contributed by atoms with Gasteiger partial charge in [0.2, 0.25) is 0 Å². The molecule has 0 saturated carbocycles. The smallest absolute Gasteiger partial charge is 0.271 e. The molecule has 9 heteroatoms. The molecule has 1 aromatic heterocycles. The maximum absolute atomic E-state index is 12.4. The first kappa shape index (κ1) is 20.1. The fraction of sp³-hybridized carbons (Fsp3) is 0. The van der Waals surface area contributed by atoms with E-state index in [0.717, 1.165) is 0 Å². The quantitative estimate of drug-likeness (QED) is 0.242. The number of nitriles is 1. The van der Waals surface area contributed by atoms with Gasteiger partial charge < -0.3 is 9.73 Å². The average Bonchev–Trinajstić information content (AvgIpc) is 3.16. The Morgan fingerprint density at radius 2 is 1.93 bits per heavy atom. The Bertz CT molecular complexity index is 1180. The van der Waals surface area contributed by atoms with E-state index in [-0.39, 0.29) is 22.7 Å². The standard InChI is InChI=1S/C20H11Cl2N3O4/c21-17-6-2-5-16(19(17)22)18-8-7-15(29-18)9-12(11-23)20(26)24-13-3-1-4-14(10-13)25(27)28/h1-10H,(H,24,26)/b12-9+. The van der Waals surface area contributed by atoms with Crippen molar-refractivity contribution in [1.29, 1.82) is 5.26 Å². The van der Waals surface area contributed by atoms with Crippen LogP contribution in [-0.4, -0.2) is 10.8 Å². The molecule has 2 aromatic carbocycles. The number of non-ortho nitro benzene ring substituents is 1. The minimum Gasteiger partial charge on any atom is -0.457 e. The lowest BCUT2D eigenvalue weighted by atomic mass is 10.2. The molecule has 1 amide bonds. The maximum Gasteiger partial charge on any atom is 0.271 e. The fourth-order valence-electron chi connectivity index (χ4n) is 2.46. The number of furan rings is 1. The molecular weight excluding hydrogens is 417 g/mol. The molecule has 3 aromatic rings. The van der Waals surface area contributed by atoms with Gasteiger partial charge in [0.25, 0.3) is 11.6 Å². The van der Waals surface area contributed by atoms with E-state index >= 15 is 0 Å². The van der Waals surface area contributed by atoms with Crippen molar-refractivity contribution in [3.8, 4) is 17.4 Å². The molecule has 0 aliphatic heterocycles. The Morgan fingerprint density at radius 1 is 1.17 bits per heavy atom. The number of anilines is 1. The van der Waals surface area contributed by atoms with Crippen LogP contribution in [0.25, 0.3) is 17.4 Å². The second kappa shape index (κ2) is 8.61. The van der Waals surface area contributed by atoms with E-state index in [4.69, 9.17) is 27.6 Å². The molecule has 0 fully saturated rings. The zero-order valence-corrected chi connectivity index (χ0v) is 16.1. The van der Waals surface area contributed by atoms with Crippen molar-refractivity contribution >= 4 is 46.6 Å². The van der Waals surface area contributed by atoms with E-state index in [9.17, 15) is 20.2 Å². The number of hydrogen-bond acceptors (Lipinski definition) is 5. The van der Waals surface area contributed by atoms with E-state index in [1.165, 1.54) is 30.3 Å². The number of nitrogens with one attached hydrogen (secondary N) is 1. The van der Waals surface area contributed by atoms with Crippen LogP contribution in [0.5, 0.6) is 0 Å². The summed E-state index contributed by atoms with van der Waals surface area (Å²) < 4.78 is 5.65. The number of nitro benzene ring substituents is 1. The Hall–Kier alpha value is -3.60. The van der Waals surface area contributed by atoms with Crippen LogP contribution in [0, 0.1) is 21.4 Å². The Morgan fingerprint density at radius 3 is 2.66 bits per heavy atom. The van der Waals surface area contributed by atoms with E-state index in [0.29, 0.717) is 21.4 Å². The van der Waals surface area contributed by atoms with Gasteiger partial charge in [0.15, 0.2) is 0 Å². The van der Waals surface area contributed by atoms with E-state index in [1.807, 2.05) is 0 Å². The lowest BCUT2D eigenvalue weighted by Gasteiger charge is -2.04. The molecule has 3 rings (SSSR count). The topological polar surface area (TPSA) is 109 Å². The van der Waals surface area contributed by atoms with E-state index in [2.05, 4.69) is 5.32 Å². The number of hydrogen-bond donors (Lipinski definition) is 1. The van der Waals surface area contributed by atoms with Gasteiger partial charge in [-0.25, -0.2) is 0 Å². The molecule has 0 bridgehead atoms. The SMILES string of the molecule is N#C/C(=C\c1ccc(-c2cccc(Cl)c2Cl)o1)C(=O)Nc1cccc([N+](=O)[O-])c1. The number of rotatable bonds is 5. The van der Waals surface area contributed by atoms with Gasteiger partial charge in [-0.15, -0.1) is 0 Å². The van der Waals surface area contributed by atoms with Gasteiger partial charge in [-0.2, -0.15) is 5.26 Å². The molecular formula is C20H11Cl2N3O4. The summed E-state index contributed by atoms with van der Waals surface area (Å²) in [5.41, 5.74) is 0.337. The molecule has 0 atom stereocenters. The van der Waals surface area contributed by atoms with Crippen molar-refractivity contribution in [3.63, 3.8) is 0 Å². The molecule has 0 saturated heterocycles. The van der Waals surface area contributed by atoms with Crippen molar-refractivity contribution in [2.24, 2.45) is 0 Å². The van der Waals surface area contributed by atoms with Crippen molar-refractivity contribution < 1.29 is 14.1 Å². The van der Waals surface area contributed by atoms with Crippen LogP contribution >= 0.6 is 23.2 Å². The van der Waals surface area contributed by atoms with Crippen molar-refractivity contribution in [2.45, 2.75) is 0 Å². The molecule has 0 radical (unpaired) electrons. The lowest BCUT2D eigenvalue weighted by molar-refractivity contribution is -0.384. The summed E-state index contributed by atoms with van der Waals surface area (Å²) in [5.74, 6) is -0.0614. The van der Waals surface area contributed by atoms with Crippen LogP contribution in [-0.2, 0) is 4.79 Å². The van der Waals surface area contributed by atoms with Gasteiger partial charge in [-0.3, -0.25) is 14.9 Å². The van der Waals surface area contributed by atoms with Gasteiger partial charge in [0.05, 0.1) is 15.0 Å². The fourth-order valence-corrected chi connectivity index (χ4v) is 2.85. The Labute approximate surface area is 174 Å². The molecule has 0 spiro atoms. The third-order valence-corrected chi connectivity index (χ3v) is 4.63. The van der Waals surface area contributed by atoms with Gasteiger partial charge in [-0.1, -0.05) is 35.3 Å². The van der Waals surface area contributed by atoms with Gasteiger partial charge in [0, 0.05) is 29.5 Å². The lowest BCUT2D eigenvalue weighted by Crippen LogP contribution is -2.13. The molecule has 7 nitrogen and oxygen atoms in total. The Kier molecular flexibility index (Phi) is 5.98. The third-order valence-electron chi connectivity index (χ3n) is 3.81. The normalized spacial score (nSPS) is 11.0. The van der Waals surface area contributed by atoms with Gasteiger partial charge in [0.1, 0.15) is 23.2 Å². The van der Waals surface area contributed by atoms with Crippen LogP contribution < -0.4 is 5.32 Å². The number of amides is 1. The van der Waals surface area contributed by atoms with E-state index in [1.54, 1.807) is 36.4 Å². The summed E-state index contributed by atoms with van der Waals surface area (Å²) in [4.78, 5) is 22.6. The minimum absolute atomic E-state index is 0.181. The van der Waals surface area contributed by atoms with Gasteiger partial charge >= 0.3 is 0 Å². The number of carbonyl (C=O) groups is 1. The first-order valence-corrected chi connectivity index (χ1v) is 8.86. The summed E-state index contributed by atoms with van der Waals surface area (Å²) >= 11 is 12.2. The minimum atomic E-state index is -0.730. The molecule has 29 heavy (non-hydrogen) atoms. The second-order valence-electron chi connectivity index (χ2n) is 5.73. The van der Waals surface area contributed by atoms with Crippen LogP contribution in [0.1, 0.15) is 5.76 Å². The number of nitro groups is 1. The van der Waals surface area contributed by atoms with Crippen molar-refractivity contribution in [2.75, 3.05) is 5.32 Å². The third kappa shape index (κ3) is 4.63. The number of carbonyl (C=O) groups excluding carboxylic acids is 1. The predicted octanol–water partition coefficient (Wildman–Crippen LogP) is 5.71. The number of nitrogens with zero attached hydrogens (tertiary/aromatic N) is 2. The zero-order chi connectivity index (χ0) is 21.0. The summed E-state index contributed by atoms with van der Waals surface area (Å²) in [6, 6.07) is 15.5. The number of halogens is 2. The van der Waals surface area contributed by atoms with Crippen LogP contribution in [0.2, 0.25) is 10.0 Å². The average molecular weight is 428 g/mol. The second-order valence-corrected chi connectivity index (χ2v) is 6.52. The largest absolute Gasteiger partial charge is 0.457 e. The summed E-state index contributed by atoms with van der Waals surface area (Å²) in [7, 11) is 0. The summed E-state index contributed by atoms with van der Waals surface area (Å²) in [6.07, 6.45) is 1.26. The summed E-state index contributed by atoms with van der Waals surface area (Å²) in [5, 5.41) is 23.3. The highest BCUT2D eigenvalue weighted by atomic mass is 35.5. The first-order valence-electron chi connectivity index (χ1n) is 8.11. The maximum atomic E-state index is 12.4. The highest BCUT2D eigenvalue weighted by Crippen LogP contribution is 2.34. The molecule has 1 N–H and O–H groups in total. The molecule has 1 heterocycles. The predicted molar refractivity (Wildman–Crippen MR) is 109 cm³/mol. The van der Waals surface area contributed by atoms with Crippen LogP contribution in [0.4, 0.5) is 11.4 Å². The van der Waals surface area contributed by atoms with Gasteiger partial charge in [-0.05, 0) is 30.3 Å². The highest BCUT2D eigenvalue weighted by Gasteiger charge is 2.14. The Balaban J connectivity index is 1.83. The van der Waals surface area contributed by atoms with Crippen molar-refractivity contribution in [3.05, 3.63) is 86.1 Å². The molecule has 0 unspecified atom stereocenters. The molecule has 144 valence electrons. The molecule has 0 aliphatic rings. The zero-order valence-electron chi connectivity index (χ0n) is 14.6. The van der Waals surface area contributed by atoms with Crippen LogP contribution in [0.15, 0.2) is 64.6 Å². The van der Waals surface area contributed by atoms with E-state index < -0.39 is 10.8 Å². The van der Waals surface area contributed by atoms with Crippen LogP contribution in [0.3, 0.4) is 0 Å². The van der Waals surface area contributed by atoms with Crippen molar-refractivity contribution in [1.82, 2.24) is 0 Å². The molecule has 0 aliphatic carbocycles.